The summed E-state index contributed by atoms with van der Waals surface area (Å²) < 4.78 is 24.5. The molecule has 0 unspecified atom stereocenters. The average Bonchev–Trinajstić information content (AvgIpc) is 2.62. The first-order valence-electron chi connectivity index (χ1n) is 7.38. The Morgan fingerprint density at radius 3 is 2.19 bits per heavy atom. The van der Waals surface area contributed by atoms with Crippen molar-refractivity contribution in [2.24, 2.45) is 0 Å². The molecule has 1 aliphatic heterocycles. The van der Waals surface area contributed by atoms with Crippen LogP contribution in [0.25, 0.3) is 0 Å². The molecule has 1 aliphatic carbocycles. The normalized spacial score (nSPS) is 25.1. The van der Waals surface area contributed by atoms with Crippen LogP contribution in [0.15, 0.2) is 0 Å². The Balaban J connectivity index is 2.03. The highest BCUT2D eigenvalue weighted by molar-refractivity contribution is 7.89. The summed E-state index contributed by atoms with van der Waals surface area (Å²) in [4.78, 5) is 23.7. The number of hydrogen-bond donors (Lipinski definition) is 2. The molecular formula is C13H22N2O5S. The standard InChI is InChI=1S/C13H22N2O5S/c16-11(10-15-8-5-9-21(15,19)20)14-13(12(17)18)6-3-1-2-4-7-13/h1-10H2,(H,14,16)(H,17,18). The van der Waals surface area contributed by atoms with Gasteiger partial charge in [-0.2, -0.15) is 4.31 Å². The van der Waals surface area contributed by atoms with Crippen molar-refractivity contribution in [2.45, 2.75) is 50.5 Å². The topological polar surface area (TPSA) is 104 Å². The van der Waals surface area contributed by atoms with Crippen LogP contribution in [0.2, 0.25) is 0 Å². The van der Waals surface area contributed by atoms with E-state index in [-0.39, 0.29) is 12.3 Å². The number of aliphatic carboxylic acids is 1. The summed E-state index contributed by atoms with van der Waals surface area (Å²) in [7, 11) is -3.35. The molecule has 2 rings (SSSR count). The number of carbonyl (C=O) groups excluding carboxylic acids is 1. The summed E-state index contributed by atoms with van der Waals surface area (Å²) in [6.45, 7) is 0.0488. The predicted octanol–water partition coefficient (Wildman–Crippen LogP) is 0.316. The van der Waals surface area contributed by atoms with Crippen LogP contribution in [0.5, 0.6) is 0 Å². The zero-order valence-corrected chi connectivity index (χ0v) is 12.8. The number of hydrogen-bond acceptors (Lipinski definition) is 4. The summed E-state index contributed by atoms with van der Waals surface area (Å²) in [5, 5.41) is 12.1. The molecule has 1 heterocycles. The molecule has 8 heteroatoms. The predicted molar refractivity (Wildman–Crippen MR) is 76.2 cm³/mol. The maximum Gasteiger partial charge on any atom is 0.329 e. The molecule has 7 nitrogen and oxygen atoms in total. The van der Waals surface area contributed by atoms with Crippen molar-refractivity contribution in [1.82, 2.24) is 9.62 Å². The van der Waals surface area contributed by atoms with Gasteiger partial charge in [-0.15, -0.1) is 0 Å². The van der Waals surface area contributed by atoms with Gasteiger partial charge in [-0.05, 0) is 19.3 Å². The SMILES string of the molecule is O=C(CN1CCCS1(=O)=O)NC1(C(=O)O)CCCCCC1. The van der Waals surface area contributed by atoms with E-state index in [0.29, 0.717) is 25.8 Å². The van der Waals surface area contributed by atoms with Gasteiger partial charge in [0.1, 0.15) is 5.54 Å². The van der Waals surface area contributed by atoms with E-state index in [1.807, 2.05) is 0 Å². The molecular weight excluding hydrogens is 296 g/mol. The van der Waals surface area contributed by atoms with E-state index in [1.54, 1.807) is 0 Å². The number of carboxylic acids is 1. The van der Waals surface area contributed by atoms with Crippen LogP contribution in [0.3, 0.4) is 0 Å². The Kier molecular flexibility index (Phi) is 4.88. The Morgan fingerprint density at radius 1 is 1.10 bits per heavy atom. The maximum absolute atomic E-state index is 12.1. The molecule has 0 aromatic rings. The fourth-order valence-electron chi connectivity index (χ4n) is 3.06. The first-order chi connectivity index (χ1) is 9.86. The molecule has 0 aromatic heterocycles. The van der Waals surface area contributed by atoms with Crippen LogP contribution in [0.1, 0.15) is 44.9 Å². The zero-order valence-electron chi connectivity index (χ0n) is 12.0. The first kappa shape index (κ1) is 16.2. The summed E-state index contributed by atoms with van der Waals surface area (Å²) in [5.41, 5.74) is -1.24. The monoisotopic (exact) mass is 318 g/mol. The van der Waals surface area contributed by atoms with Crippen LogP contribution in [0, 0.1) is 0 Å². The highest BCUT2D eigenvalue weighted by atomic mass is 32.2. The van der Waals surface area contributed by atoms with Crippen molar-refractivity contribution >= 4 is 21.9 Å². The summed E-state index contributed by atoms with van der Waals surface area (Å²) in [5.74, 6) is -1.49. The minimum atomic E-state index is -3.35. The molecule has 2 aliphatic rings. The van der Waals surface area contributed by atoms with Crippen LogP contribution < -0.4 is 5.32 Å². The van der Waals surface area contributed by atoms with E-state index in [0.717, 1.165) is 30.0 Å². The van der Waals surface area contributed by atoms with Gasteiger partial charge in [0.25, 0.3) is 0 Å². The highest BCUT2D eigenvalue weighted by Crippen LogP contribution is 2.27. The fraction of sp³-hybridized carbons (Fsp3) is 0.846. The molecule has 0 aromatic carbocycles. The number of rotatable bonds is 4. The molecule has 0 bridgehead atoms. The van der Waals surface area contributed by atoms with Gasteiger partial charge in [-0.3, -0.25) is 4.79 Å². The third-order valence-corrected chi connectivity index (χ3v) is 6.17. The van der Waals surface area contributed by atoms with Crippen molar-refractivity contribution in [3.8, 4) is 0 Å². The third-order valence-electron chi connectivity index (χ3n) is 4.27. The van der Waals surface area contributed by atoms with Crippen LogP contribution in [-0.2, 0) is 19.6 Å². The maximum atomic E-state index is 12.1. The molecule has 0 atom stereocenters. The van der Waals surface area contributed by atoms with Gasteiger partial charge in [0.15, 0.2) is 0 Å². The Bertz CT molecular complexity index is 509. The minimum absolute atomic E-state index is 0.0599. The summed E-state index contributed by atoms with van der Waals surface area (Å²) in [6.07, 6.45) is 4.77. The third kappa shape index (κ3) is 3.74. The largest absolute Gasteiger partial charge is 0.480 e. The molecule has 21 heavy (non-hydrogen) atoms. The molecule has 2 fully saturated rings. The lowest BCUT2D eigenvalue weighted by molar-refractivity contribution is -0.148. The van der Waals surface area contributed by atoms with Gasteiger partial charge in [0.05, 0.1) is 12.3 Å². The number of nitrogens with one attached hydrogen (secondary N) is 1. The summed E-state index contributed by atoms with van der Waals surface area (Å²) >= 11 is 0. The Labute approximate surface area is 124 Å². The van der Waals surface area contributed by atoms with Gasteiger partial charge < -0.3 is 10.4 Å². The number of carboxylic acid groups (broad SMARTS) is 1. The average molecular weight is 318 g/mol. The highest BCUT2D eigenvalue weighted by Gasteiger charge is 2.41. The fourth-order valence-corrected chi connectivity index (χ4v) is 4.53. The first-order valence-corrected chi connectivity index (χ1v) is 8.99. The molecule has 1 amide bonds. The summed E-state index contributed by atoms with van der Waals surface area (Å²) in [6, 6.07) is 0. The number of sulfonamides is 1. The van der Waals surface area contributed by atoms with Crippen molar-refractivity contribution in [3.05, 3.63) is 0 Å². The van der Waals surface area contributed by atoms with E-state index >= 15 is 0 Å². The van der Waals surface area contributed by atoms with E-state index in [2.05, 4.69) is 5.32 Å². The minimum Gasteiger partial charge on any atom is -0.480 e. The van der Waals surface area contributed by atoms with Crippen molar-refractivity contribution < 1.29 is 23.1 Å². The molecule has 0 radical (unpaired) electrons. The van der Waals surface area contributed by atoms with Crippen molar-refractivity contribution in [1.29, 1.82) is 0 Å². The number of carbonyl (C=O) groups is 2. The van der Waals surface area contributed by atoms with E-state index in [4.69, 9.17) is 0 Å². The molecule has 2 N–H and O–H groups in total. The van der Waals surface area contributed by atoms with Crippen molar-refractivity contribution in [3.63, 3.8) is 0 Å². The Morgan fingerprint density at radius 2 is 1.71 bits per heavy atom. The molecule has 0 spiro atoms. The number of amides is 1. The van der Waals surface area contributed by atoms with Gasteiger partial charge in [-0.25, -0.2) is 13.2 Å². The molecule has 1 saturated carbocycles. The molecule has 1 saturated heterocycles. The Hall–Kier alpha value is -1.15. The van der Waals surface area contributed by atoms with Crippen LogP contribution in [-0.4, -0.2) is 54.1 Å². The van der Waals surface area contributed by atoms with Crippen LogP contribution in [0.4, 0.5) is 0 Å². The van der Waals surface area contributed by atoms with Crippen molar-refractivity contribution in [2.75, 3.05) is 18.8 Å². The second kappa shape index (κ2) is 6.31. The quantitative estimate of drug-likeness (QED) is 0.726. The van der Waals surface area contributed by atoms with Gasteiger partial charge in [0, 0.05) is 6.54 Å². The van der Waals surface area contributed by atoms with Gasteiger partial charge in [-0.1, -0.05) is 25.7 Å². The van der Waals surface area contributed by atoms with Gasteiger partial charge >= 0.3 is 5.97 Å². The number of nitrogens with zero attached hydrogens (tertiary/aromatic N) is 1. The van der Waals surface area contributed by atoms with E-state index in [9.17, 15) is 23.1 Å². The van der Waals surface area contributed by atoms with E-state index < -0.39 is 27.4 Å². The van der Waals surface area contributed by atoms with Crippen LogP contribution >= 0.6 is 0 Å². The smallest absolute Gasteiger partial charge is 0.329 e. The lowest BCUT2D eigenvalue weighted by atomic mass is 9.90. The second-order valence-corrected chi connectivity index (χ2v) is 7.94. The zero-order chi connectivity index (χ0) is 15.5. The molecule has 120 valence electrons. The lowest BCUT2D eigenvalue weighted by Gasteiger charge is -2.30. The lowest BCUT2D eigenvalue weighted by Crippen LogP contribution is -2.56. The second-order valence-electron chi connectivity index (χ2n) is 5.85. The van der Waals surface area contributed by atoms with Gasteiger partial charge in [0.2, 0.25) is 15.9 Å². The van der Waals surface area contributed by atoms with E-state index in [1.165, 1.54) is 0 Å².